The Hall–Kier alpha value is -1.81. The van der Waals surface area contributed by atoms with Gasteiger partial charge in [0.2, 0.25) is 0 Å². The maximum atomic E-state index is 9.53. The van der Waals surface area contributed by atoms with Crippen LogP contribution in [0.2, 0.25) is 0 Å². The molecule has 0 aliphatic carbocycles. The number of aliphatic hydroxyl groups is 1. The summed E-state index contributed by atoms with van der Waals surface area (Å²) in [4.78, 5) is 4.13. The molecule has 0 aliphatic rings. The molecular weight excluding hydrogens is 226 g/mol. The molecule has 1 heterocycles. The molecule has 0 spiro atoms. The zero-order valence-electron chi connectivity index (χ0n) is 10.8. The first-order chi connectivity index (χ1) is 8.74. The van der Waals surface area contributed by atoms with Crippen LogP contribution in [0.25, 0.3) is 0 Å². The van der Waals surface area contributed by atoms with E-state index in [1.165, 1.54) is 5.56 Å². The van der Waals surface area contributed by atoms with E-state index in [1.54, 1.807) is 12.5 Å². The summed E-state index contributed by atoms with van der Waals surface area (Å²) in [6.07, 6.45) is 3.58. The summed E-state index contributed by atoms with van der Waals surface area (Å²) in [6.45, 7) is 5.01. The molecule has 1 atom stereocenters. The molecule has 4 nitrogen and oxygen atoms in total. The lowest BCUT2D eigenvalue weighted by atomic mass is 10.2. The zero-order chi connectivity index (χ0) is 13.0. The van der Waals surface area contributed by atoms with Crippen molar-refractivity contribution in [1.82, 2.24) is 9.55 Å². The van der Waals surface area contributed by atoms with Crippen molar-refractivity contribution in [1.29, 1.82) is 0 Å². The minimum absolute atomic E-state index is 0.0412. The summed E-state index contributed by atoms with van der Waals surface area (Å²) in [5, 5.41) is 12.9. The molecule has 4 heteroatoms. The lowest BCUT2D eigenvalue weighted by Gasteiger charge is -2.19. The number of aryl methyl sites for hydroxylation is 2. The van der Waals surface area contributed by atoms with Gasteiger partial charge in [0, 0.05) is 12.2 Å². The molecule has 96 valence electrons. The normalized spacial score (nSPS) is 12.4. The first-order valence-electron chi connectivity index (χ1n) is 6.18. The highest BCUT2D eigenvalue weighted by molar-refractivity contribution is 5.46. The molecule has 1 aromatic carbocycles. The summed E-state index contributed by atoms with van der Waals surface area (Å²) in [5.41, 5.74) is 3.23. The topological polar surface area (TPSA) is 50.1 Å². The van der Waals surface area contributed by atoms with E-state index in [1.807, 2.05) is 28.8 Å². The van der Waals surface area contributed by atoms with Crippen molar-refractivity contribution >= 4 is 5.69 Å². The van der Waals surface area contributed by atoms with Gasteiger partial charge >= 0.3 is 0 Å². The van der Waals surface area contributed by atoms with Crippen LogP contribution in [-0.4, -0.2) is 21.3 Å². The molecule has 0 saturated carbocycles. The number of benzene rings is 1. The lowest BCUT2D eigenvalue weighted by Crippen LogP contribution is -2.18. The standard InChI is InChI=1S/C14H19N3O/c1-3-17-10-15-8-14(17)13(9-18)16-12-6-4-11(2)5-7-12/h4-8,10,13,16,18H,3,9H2,1-2H3. The minimum Gasteiger partial charge on any atom is -0.394 e. The number of anilines is 1. The Labute approximate surface area is 107 Å². The van der Waals surface area contributed by atoms with Crippen LogP contribution >= 0.6 is 0 Å². The number of imidazole rings is 1. The Morgan fingerprint density at radius 2 is 2.06 bits per heavy atom. The van der Waals surface area contributed by atoms with Crippen LogP contribution in [-0.2, 0) is 6.54 Å². The van der Waals surface area contributed by atoms with Gasteiger partial charge in [-0.1, -0.05) is 17.7 Å². The Balaban J connectivity index is 2.17. The van der Waals surface area contributed by atoms with Gasteiger partial charge in [0.05, 0.1) is 30.9 Å². The number of aromatic nitrogens is 2. The van der Waals surface area contributed by atoms with E-state index in [4.69, 9.17) is 0 Å². The van der Waals surface area contributed by atoms with Crippen LogP contribution in [0.4, 0.5) is 5.69 Å². The number of hydrogen-bond donors (Lipinski definition) is 2. The summed E-state index contributed by atoms with van der Waals surface area (Å²) in [5.74, 6) is 0. The number of nitrogens with one attached hydrogen (secondary N) is 1. The molecule has 2 rings (SSSR count). The van der Waals surface area contributed by atoms with Gasteiger partial charge in [-0.15, -0.1) is 0 Å². The molecule has 1 aromatic heterocycles. The first-order valence-corrected chi connectivity index (χ1v) is 6.18. The van der Waals surface area contributed by atoms with Gasteiger partial charge < -0.3 is 15.0 Å². The summed E-state index contributed by atoms with van der Waals surface area (Å²) >= 11 is 0. The predicted octanol–water partition coefficient (Wildman–Crippen LogP) is 2.36. The van der Waals surface area contributed by atoms with E-state index in [0.29, 0.717) is 0 Å². The number of rotatable bonds is 5. The molecule has 18 heavy (non-hydrogen) atoms. The zero-order valence-corrected chi connectivity index (χ0v) is 10.8. The highest BCUT2D eigenvalue weighted by Crippen LogP contribution is 2.19. The third-order valence-corrected chi connectivity index (χ3v) is 3.02. The van der Waals surface area contributed by atoms with E-state index in [-0.39, 0.29) is 12.6 Å². The fourth-order valence-corrected chi connectivity index (χ4v) is 1.95. The second-order valence-electron chi connectivity index (χ2n) is 4.35. The molecular formula is C14H19N3O. The van der Waals surface area contributed by atoms with Crippen molar-refractivity contribution in [2.45, 2.75) is 26.4 Å². The second kappa shape index (κ2) is 5.69. The third-order valence-electron chi connectivity index (χ3n) is 3.02. The van der Waals surface area contributed by atoms with E-state index < -0.39 is 0 Å². The molecule has 0 bridgehead atoms. The Morgan fingerprint density at radius 3 is 2.67 bits per heavy atom. The molecule has 0 radical (unpaired) electrons. The molecule has 0 amide bonds. The van der Waals surface area contributed by atoms with Crippen molar-refractivity contribution in [3.63, 3.8) is 0 Å². The first kappa shape index (κ1) is 12.6. The van der Waals surface area contributed by atoms with Gasteiger partial charge in [-0.05, 0) is 26.0 Å². The van der Waals surface area contributed by atoms with Crippen LogP contribution in [0, 0.1) is 6.92 Å². The maximum absolute atomic E-state index is 9.53. The van der Waals surface area contributed by atoms with Gasteiger partial charge in [0.25, 0.3) is 0 Å². The number of nitrogens with zero attached hydrogens (tertiary/aromatic N) is 2. The fourth-order valence-electron chi connectivity index (χ4n) is 1.95. The van der Waals surface area contributed by atoms with E-state index >= 15 is 0 Å². The van der Waals surface area contributed by atoms with Gasteiger partial charge in [0.15, 0.2) is 0 Å². The number of hydrogen-bond acceptors (Lipinski definition) is 3. The van der Waals surface area contributed by atoms with Gasteiger partial charge in [0.1, 0.15) is 0 Å². The number of aliphatic hydroxyl groups excluding tert-OH is 1. The van der Waals surface area contributed by atoms with Gasteiger partial charge in [-0.3, -0.25) is 0 Å². The van der Waals surface area contributed by atoms with Crippen molar-refractivity contribution in [2.75, 3.05) is 11.9 Å². The monoisotopic (exact) mass is 245 g/mol. The van der Waals surface area contributed by atoms with Gasteiger partial charge in [-0.25, -0.2) is 4.98 Å². The second-order valence-corrected chi connectivity index (χ2v) is 4.35. The quantitative estimate of drug-likeness (QED) is 0.850. The van der Waals surface area contributed by atoms with Crippen molar-refractivity contribution in [3.8, 4) is 0 Å². The molecule has 1 unspecified atom stereocenters. The Kier molecular flexibility index (Phi) is 3.99. The lowest BCUT2D eigenvalue weighted by molar-refractivity contribution is 0.272. The van der Waals surface area contributed by atoms with Crippen LogP contribution in [0.5, 0.6) is 0 Å². The van der Waals surface area contributed by atoms with E-state index in [2.05, 4.69) is 24.1 Å². The summed E-state index contributed by atoms with van der Waals surface area (Å²) in [7, 11) is 0. The van der Waals surface area contributed by atoms with Crippen molar-refractivity contribution < 1.29 is 5.11 Å². The van der Waals surface area contributed by atoms with Crippen LogP contribution in [0.3, 0.4) is 0 Å². The smallest absolute Gasteiger partial charge is 0.0948 e. The summed E-state index contributed by atoms with van der Waals surface area (Å²) in [6, 6.07) is 8.01. The largest absolute Gasteiger partial charge is 0.394 e. The van der Waals surface area contributed by atoms with Crippen molar-refractivity contribution in [2.24, 2.45) is 0 Å². The Morgan fingerprint density at radius 1 is 1.33 bits per heavy atom. The Bertz CT molecular complexity index is 490. The van der Waals surface area contributed by atoms with E-state index in [9.17, 15) is 5.11 Å². The molecule has 0 saturated heterocycles. The van der Waals surface area contributed by atoms with E-state index in [0.717, 1.165) is 17.9 Å². The third kappa shape index (κ3) is 2.71. The molecule has 0 aliphatic heterocycles. The highest BCUT2D eigenvalue weighted by Gasteiger charge is 2.14. The van der Waals surface area contributed by atoms with Crippen LogP contribution < -0.4 is 5.32 Å². The van der Waals surface area contributed by atoms with Crippen molar-refractivity contribution in [3.05, 3.63) is 48.0 Å². The average molecular weight is 245 g/mol. The van der Waals surface area contributed by atoms with Crippen LogP contribution in [0.1, 0.15) is 24.2 Å². The highest BCUT2D eigenvalue weighted by atomic mass is 16.3. The van der Waals surface area contributed by atoms with Gasteiger partial charge in [-0.2, -0.15) is 0 Å². The fraction of sp³-hybridized carbons (Fsp3) is 0.357. The molecule has 2 aromatic rings. The average Bonchev–Trinajstić information content (AvgIpc) is 2.86. The minimum atomic E-state index is -0.129. The SMILES string of the molecule is CCn1cncc1C(CO)Nc1ccc(C)cc1. The summed E-state index contributed by atoms with van der Waals surface area (Å²) < 4.78 is 2.03. The maximum Gasteiger partial charge on any atom is 0.0948 e. The molecule has 0 fully saturated rings. The molecule has 2 N–H and O–H groups in total. The van der Waals surface area contributed by atoms with Crippen LogP contribution in [0.15, 0.2) is 36.8 Å². The predicted molar refractivity (Wildman–Crippen MR) is 72.5 cm³/mol.